The lowest BCUT2D eigenvalue weighted by molar-refractivity contribution is 0.0726. The van der Waals surface area contributed by atoms with Crippen LogP contribution in [0.4, 0.5) is 5.82 Å². The van der Waals surface area contributed by atoms with Crippen LogP contribution in [0, 0.1) is 11.3 Å². The Hall–Kier alpha value is -3.82. The van der Waals surface area contributed by atoms with Crippen LogP contribution < -0.4 is 5.73 Å². The van der Waals surface area contributed by atoms with Crippen LogP contribution in [0.5, 0.6) is 0 Å². The summed E-state index contributed by atoms with van der Waals surface area (Å²) in [6.07, 6.45) is 6.57. The number of aryl methyl sites for hydroxylation is 1. The zero-order valence-electron chi connectivity index (χ0n) is 18.0. The first-order chi connectivity index (χ1) is 15.7. The molecule has 4 aromatic heterocycles. The number of nitrogens with two attached hydrogens (primary N) is 1. The normalized spacial score (nSPS) is 15.9. The fourth-order valence-corrected chi connectivity index (χ4v) is 5.11. The molecule has 2 N–H and O–H groups in total. The van der Waals surface area contributed by atoms with Crippen LogP contribution in [0.2, 0.25) is 0 Å². The largest absolute Gasteiger partial charge is 0.382 e. The number of aromatic nitrogens is 6. The van der Waals surface area contributed by atoms with Gasteiger partial charge in [0.05, 0.1) is 35.5 Å². The SMILES string of the molecule is Cn1cc(-c2cc3ncccc3c(-c3ccn(C4(CC#N)CN(S(C)(=O)=O)C4)n3)n2)c(N)n1. The maximum Gasteiger partial charge on any atom is 0.211 e. The summed E-state index contributed by atoms with van der Waals surface area (Å²) in [7, 11) is -1.55. The molecule has 0 bridgehead atoms. The summed E-state index contributed by atoms with van der Waals surface area (Å²) in [6, 6.07) is 9.58. The van der Waals surface area contributed by atoms with Crippen molar-refractivity contribution in [3.8, 4) is 28.7 Å². The van der Waals surface area contributed by atoms with Gasteiger partial charge in [0, 0.05) is 44.1 Å². The molecule has 4 aromatic rings. The van der Waals surface area contributed by atoms with Gasteiger partial charge in [0.1, 0.15) is 16.9 Å². The summed E-state index contributed by atoms with van der Waals surface area (Å²) in [4.78, 5) is 9.31. The third-order valence-corrected chi connectivity index (χ3v) is 7.07. The standard InChI is InChI=1S/C21H21N9O2S/c1-28-11-15(20(23)27-28)18-10-17-14(4-3-8-24-17)19(25-18)16-5-9-30(26-16)21(6-7-22)12-29(13-21)33(2,31)32/h3-5,8-11H,6,12-13H2,1-2H3,(H2,23,27). The molecule has 5 heterocycles. The Balaban J connectivity index is 1.61. The number of nitriles is 1. The minimum atomic E-state index is -3.33. The van der Waals surface area contributed by atoms with E-state index in [-0.39, 0.29) is 19.5 Å². The zero-order chi connectivity index (χ0) is 23.4. The quantitative estimate of drug-likeness (QED) is 0.466. The molecule has 12 heteroatoms. The van der Waals surface area contributed by atoms with E-state index < -0.39 is 15.6 Å². The Morgan fingerprint density at radius 3 is 2.70 bits per heavy atom. The molecule has 33 heavy (non-hydrogen) atoms. The lowest BCUT2D eigenvalue weighted by atomic mass is 9.89. The Bertz CT molecular complexity index is 1520. The molecule has 0 aliphatic carbocycles. The molecule has 1 saturated heterocycles. The van der Waals surface area contributed by atoms with Gasteiger partial charge in [-0.05, 0) is 24.3 Å². The molecule has 5 rings (SSSR count). The summed E-state index contributed by atoms with van der Waals surface area (Å²) >= 11 is 0. The minimum Gasteiger partial charge on any atom is -0.382 e. The molecular formula is C21H21N9O2S. The monoisotopic (exact) mass is 463 g/mol. The predicted molar refractivity (Wildman–Crippen MR) is 122 cm³/mol. The molecule has 0 atom stereocenters. The second kappa shape index (κ2) is 7.36. The van der Waals surface area contributed by atoms with Crippen LogP contribution in [-0.2, 0) is 22.6 Å². The summed E-state index contributed by atoms with van der Waals surface area (Å²) < 4.78 is 28.4. The van der Waals surface area contributed by atoms with Crippen LogP contribution in [0.25, 0.3) is 33.5 Å². The second-order valence-electron chi connectivity index (χ2n) is 8.26. The van der Waals surface area contributed by atoms with Crippen molar-refractivity contribution in [3.63, 3.8) is 0 Å². The lowest BCUT2D eigenvalue weighted by Gasteiger charge is -2.47. The Morgan fingerprint density at radius 1 is 1.24 bits per heavy atom. The Morgan fingerprint density at radius 2 is 2.03 bits per heavy atom. The van der Waals surface area contributed by atoms with Gasteiger partial charge in [-0.2, -0.15) is 19.8 Å². The van der Waals surface area contributed by atoms with E-state index >= 15 is 0 Å². The molecule has 168 valence electrons. The van der Waals surface area contributed by atoms with Gasteiger partial charge >= 0.3 is 0 Å². The van der Waals surface area contributed by atoms with Crippen molar-refractivity contribution in [3.05, 3.63) is 42.9 Å². The van der Waals surface area contributed by atoms with E-state index in [1.807, 2.05) is 24.3 Å². The number of pyridine rings is 2. The van der Waals surface area contributed by atoms with Crippen LogP contribution in [0.15, 0.2) is 42.9 Å². The zero-order valence-corrected chi connectivity index (χ0v) is 18.9. The molecule has 0 unspecified atom stereocenters. The van der Waals surface area contributed by atoms with Gasteiger partial charge in [-0.3, -0.25) is 14.3 Å². The number of sulfonamides is 1. The summed E-state index contributed by atoms with van der Waals surface area (Å²) in [5.41, 5.74) is 8.61. The topological polar surface area (TPSA) is 149 Å². The van der Waals surface area contributed by atoms with Crippen molar-refractivity contribution in [1.29, 1.82) is 5.26 Å². The van der Waals surface area contributed by atoms with Crippen LogP contribution in [-0.4, -0.2) is 61.6 Å². The summed E-state index contributed by atoms with van der Waals surface area (Å²) in [5.74, 6) is 0.361. The fourth-order valence-electron chi connectivity index (χ4n) is 4.16. The number of nitrogen functional groups attached to an aromatic ring is 1. The van der Waals surface area contributed by atoms with Crippen molar-refractivity contribution in [2.75, 3.05) is 25.1 Å². The van der Waals surface area contributed by atoms with Crippen molar-refractivity contribution in [2.45, 2.75) is 12.0 Å². The van der Waals surface area contributed by atoms with Gasteiger partial charge in [0.25, 0.3) is 0 Å². The molecular weight excluding hydrogens is 442 g/mol. The predicted octanol–water partition coefficient (Wildman–Crippen LogP) is 1.36. The first kappa shape index (κ1) is 21.0. The van der Waals surface area contributed by atoms with E-state index in [0.717, 1.165) is 17.2 Å². The van der Waals surface area contributed by atoms with Crippen molar-refractivity contribution in [2.24, 2.45) is 7.05 Å². The van der Waals surface area contributed by atoms with Crippen molar-refractivity contribution in [1.82, 2.24) is 33.8 Å². The third kappa shape index (κ3) is 3.51. The molecule has 11 nitrogen and oxygen atoms in total. The minimum absolute atomic E-state index is 0.141. The van der Waals surface area contributed by atoms with Gasteiger partial charge in [-0.1, -0.05) is 0 Å². The van der Waals surface area contributed by atoms with E-state index in [1.54, 1.807) is 35.0 Å². The highest BCUT2D eigenvalue weighted by Gasteiger charge is 2.49. The first-order valence-electron chi connectivity index (χ1n) is 10.1. The van der Waals surface area contributed by atoms with Gasteiger partial charge < -0.3 is 5.73 Å². The van der Waals surface area contributed by atoms with E-state index in [9.17, 15) is 13.7 Å². The van der Waals surface area contributed by atoms with E-state index in [0.29, 0.717) is 28.5 Å². The van der Waals surface area contributed by atoms with Crippen molar-refractivity contribution >= 4 is 26.7 Å². The van der Waals surface area contributed by atoms with Crippen LogP contribution in [0.1, 0.15) is 6.42 Å². The fraction of sp³-hybridized carbons (Fsp3) is 0.286. The maximum absolute atomic E-state index is 11.9. The molecule has 0 spiro atoms. The number of fused-ring (bicyclic) bond motifs is 1. The van der Waals surface area contributed by atoms with E-state index in [2.05, 4.69) is 16.2 Å². The van der Waals surface area contributed by atoms with Gasteiger partial charge in [-0.15, -0.1) is 0 Å². The van der Waals surface area contributed by atoms with E-state index in [4.69, 9.17) is 15.8 Å². The number of nitrogens with zero attached hydrogens (tertiary/aromatic N) is 8. The van der Waals surface area contributed by atoms with Crippen LogP contribution in [0.3, 0.4) is 0 Å². The smallest absolute Gasteiger partial charge is 0.211 e. The summed E-state index contributed by atoms with van der Waals surface area (Å²) in [5, 5.41) is 19.1. The average molecular weight is 464 g/mol. The molecule has 1 fully saturated rings. The van der Waals surface area contributed by atoms with Gasteiger partial charge in [-0.25, -0.2) is 13.4 Å². The molecule has 1 aliphatic rings. The average Bonchev–Trinajstić information content (AvgIpc) is 3.35. The first-order valence-corrected chi connectivity index (χ1v) is 12.0. The molecule has 1 aliphatic heterocycles. The Kier molecular flexibility index (Phi) is 4.70. The van der Waals surface area contributed by atoms with Crippen LogP contribution >= 0.6 is 0 Å². The maximum atomic E-state index is 11.9. The van der Waals surface area contributed by atoms with E-state index in [1.165, 1.54) is 4.31 Å². The highest BCUT2D eigenvalue weighted by molar-refractivity contribution is 7.88. The highest BCUT2D eigenvalue weighted by atomic mass is 32.2. The lowest BCUT2D eigenvalue weighted by Crippen LogP contribution is -2.63. The summed E-state index contributed by atoms with van der Waals surface area (Å²) in [6.45, 7) is 0.394. The Labute approximate surface area is 190 Å². The molecule has 0 amide bonds. The molecule has 0 aromatic carbocycles. The number of hydrogen-bond donors (Lipinski definition) is 1. The molecule has 0 saturated carbocycles. The second-order valence-corrected chi connectivity index (χ2v) is 10.2. The van der Waals surface area contributed by atoms with Crippen molar-refractivity contribution < 1.29 is 8.42 Å². The molecule has 0 radical (unpaired) electrons. The number of hydrogen-bond acceptors (Lipinski definition) is 8. The number of anilines is 1. The highest BCUT2D eigenvalue weighted by Crippen LogP contribution is 2.36. The van der Waals surface area contributed by atoms with Gasteiger partial charge in [0.15, 0.2) is 5.82 Å². The number of rotatable bonds is 5. The third-order valence-electron chi connectivity index (χ3n) is 5.87. The van der Waals surface area contributed by atoms with Gasteiger partial charge in [0.2, 0.25) is 10.0 Å².